The monoisotopic (exact) mass is 444 g/mol. The van der Waals surface area contributed by atoms with Crippen LogP contribution in [0.25, 0.3) is 0 Å². The van der Waals surface area contributed by atoms with Crippen molar-refractivity contribution in [2.45, 2.75) is 44.8 Å². The Hall–Kier alpha value is -3.53. The summed E-state index contributed by atoms with van der Waals surface area (Å²) >= 11 is 0. The van der Waals surface area contributed by atoms with E-state index in [9.17, 15) is 10.1 Å². The Labute approximate surface area is 196 Å². The topological polar surface area (TPSA) is 83.8 Å². The van der Waals surface area contributed by atoms with Crippen molar-refractivity contribution in [2.75, 3.05) is 31.6 Å². The lowest BCUT2D eigenvalue weighted by molar-refractivity contribution is -0.131. The summed E-state index contributed by atoms with van der Waals surface area (Å²) in [6.45, 7) is 3.91. The fourth-order valence-corrected chi connectivity index (χ4v) is 4.66. The molecule has 0 aliphatic carbocycles. The summed E-state index contributed by atoms with van der Waals surface area (Å²) in [7, 11) is 1.77. The molecule has 1 fully saturated rings. The van der Waals surface area contributed by atoms with E-state index in [0.717, 1.165) is 57.1 Å². The number of carbonyl (C=O) groups is 1. The van der Waals surface area contributed by atoms with E-state index in [-0.39, 0.29) is 11.9 Å². The van der Waals surface area contributed by atoms with Gasteiger partial charge in [-0.3, -0.25) is 9.79 Å². The number of piperidine rings is 1. The summed E-state index contributed by atoms with van der Waals surface area (Å²) in [6.07, 6.45) is 3.40. The predicted molar refractivity (Wildman–Crippen MR) is 131 cm³/mol. The fraction of sp³-hybridized carbons (Fsp3) is 0.423. The van der Waals surface area contributed by atoms with Crippen molar-refractivity contribution in [1.82, 2.24) is 15.5 Å². The third-order valence-electron chi connectivity index (χ3n) is 6.40. The summed E-state index contributed by atoms with van der Waals surface area (Å²) in [5.41, 5.74) is 4.23. The van der Waals surface area contributed by atoms with E-state index in [2.05, 4.69) is 38.7 Å². The number of carbonyl (C=O) groups excluding carboxylic acids is 1. The van der Waals surface area contributed by atoms with Crippen LogP contribution in [-0.4, -0.2) is 49.5 Å². The Morgan fingerprint density at radius 1 is 1.15 bits per heavy atom. The Bertz CT molecular complexity index is 1020. The second kappa shape index (κ2) is 10.9. The van der Waals surface area contributed by atoms with Gasteiger partial charge >= 0.3 is 0 Å². The molecule has 0 spiro atoms. The summed E-state index contributed by atoms with van der Waals surface area (Å²) in [5.74, 6) is 0.964. The first-order valence-electron chi connectivity index (χ1n) is 11.7. The summed E-state index contributed by atoms with van der Waals surface area (Å²) in [4.78, 5) is 21.2. The molecule has 0 saturated carbocycles. The lowest BCUT2D eigenvalue weighted by atomic mass is 10.0. The molecule has 0 bridgehead atoms. The molecule has 2 heterocycles. The molecule has 1 atom stereocenters. The second-order valence-corrected chi connectivity index (χ2v) is 8.68. The molecule has 1 unspecified atom stereocenters. The third-order valence-corrected chi connectivity index (χ3v) is 6.40. The number of hydrogen-bond donors (Lipinski definition) is 2. The van der Waals surface area contributed by atoms with Crippen LogP contribution < -0.4 is 15.5 Å². The van der Waals surface area contributed by atoms with Gasteiger partial charge in [0.15, 0.2) is 5.96 Å². The van der Waals surface area contributed by atoms with Gasteiger partial charge in [0.2, 0.25) is 5.91 Å². The molecule has 2 aromatic carbocycles. The maximum atomic E-state index is 12.6. The average Bonchev–Trinajstić information content (AvgIpc) is 3.30. The van der Waals surface area contributed by atoms with Crippen molar-refractivity contribution in [3.63, 3.8) is 0 Å². The van der Waals surface area contributed by atoms with Crippen molar-refractivity contribution >= 4 is 17.6 Å². The molecule has 7 heteroatoms. The van der Waals surface area contributed by atoms with Gasteiger partial charge < -0.3 is 20.4 Å². The highest BCUT2D eigenvalue weighted by atomic mass is 16.2. The third kappa shape index (κ3) is 5.64. The van der Waals surface area contributed by atoms with Gasteiger partial charge in [0, 0.05) is 52.2 Å². The van der Waals surface area contributed by atoms with E-state index in [1.807, 2.05) is 41.3 Å². The standard InChI is InChI=1S/C26H32N6O/c1-28-26(29-14-6-13-25(33)32-17-21-9-2-3-10-22(21)18-32)30-23-11-7-15-31(19-23)24-12-5-4-8-20(24)16-27/h2-5,8-10,12,23H,6-7,11,13-15,17-19H2,1H3,(H2,28,29,30). The second-order valence-electron chi connectivity index (χ2n) is 8.68. The van der Waals surface area contributed by atoms with Crippen molar-refractivity contribution < 1.29 is 4.79 Å². The number of hydrogen-bond acceptors (Lipinski definition) is 4. The molecule has 172 valence electrons. The molecule has 0 radical (unpaired) electrons. The highest BCUT2D eigenvalue weighted by molar-refractivity contribution is 5.80. The minimum absolute atomic E-state index is 0.204. The van der Waals surface area contributed by atoms with Gasteiger partial charge in [-0.25, -0.2) is 0 Å². The molecule has 2 aromatic rings. The minimum Gasteiger partial charge on any atom is -0.368 e. The molecule has 1 saturated heterocycles. The van der Waals surface area contributed by atoms with Gasteiger partial charge in [0.25, 0.3) is 0 Å². The molecule has 7 nitrogen and oxygen atoms in total. The maximum absolute atomic E-state index is 12.6. The average molecular weight is 445 g/mol. The van der Waals surface area contributed by atoms with E-state index >= 15 is 0 Å². The summed E-state index contributed by atoms with van der Waals surface area (Å²) in [5, 5.41) is 16.3. The highest BCUT2D eigenvalue weighted by Crippen LogP contribution is 2.24. The van der Waals surface area contributed by atoms with Crippen molar-refractivity contribution in [3.05, 3.63) is 65.2 Å². The Morgan fingerprint density at radius 3 is 2.61 bits per heavy atom. The zero-order valence-corrected chi connectivity index (χ0v) is 19.3. The molecule has 1 amide bonds. The molecular weight excluding hydrogens is 412 g/mol. The van der Waals surface area contributed by atoms with Crippen LogP contribution in [-0.2, 0) is 17.9 Å². The van der Waals surface area contributed by atoms with Gasteiger partial charge in [0.1, 0.15) is 6.07 Å². The molecule has 33 heavy (non-hydrogen) atoms. The summed E-state index contributed by atoms with van der Waals surface area (Å²) in [6, 6.07) is 18.6. The number of nitrogens with one attached hydrogen (secondary N) is 2. The number of fused-ring (bicyclic) bond motifs is 1. The Kier molecular flexibility index (Phi) is 7.46. The van der Waals surface area contributed by atoms with Crippen molar-refractivity contribution in [2.24, 2.45) is 4.99 Å². The maximum Gasteiger partial charge on any atom is 0.223 e. The van der Waals surface area contributed by atoms with E-state index in [0.29, 0.717) is 18.5 Å². The largest absolute Gasteiger partial charge is 0.368 e. The van der Waals surface area contributed by atoms with Crippen LogP contribution >= 0.6 is 0 Å². The van der Waals surface area contributed by atoms with Gasteiger partial charge in [-0.2, -0.15) is 5.26 Å². The Morgan fingerprint density at radius 2 is 1.88 bits per heavy atom. The SMILES string of the molecule is CN=C(NCCCC(=O)N1Cc2ccccc2C1)NC1CCCN(c2ccccc2C#N)C1. The van der Waals surface area contributed by atoms with Crippen LogP contribution in [0.4, 0.5) is 5.69 Å². The number of nitrogens with zero attached hydrogens (tertiary/aromatic N) is 4. The lowest BCUT2D eigenvalue weighted by Crippen LogP contribution is -2.51. The summed E-state index contributed by atoms with van der Waals surface area (Å²) < 4.78 is 0. The first-order chi connectivity index (χ1) is 16.2. The van der Waals surface area contributed by atoms with E-state index in [1.54, 1.807) is 7.05 Å². The van der Waals surface area contributed by atoms with Crippen LogP contribution in [0.15, 0.2) is 53.5 Å². The number of guanidine groups is 1. The van der Waals surface area contributed by atoms with Crippen LogP contribution in [0.1, 0.15) is 42.4 Å². The van der Waals surface area contributed by atoms with Crippen LogP contribution in [0.3, 0.4) is 0 Å². The van der Waals surface area contributed by atoms with Crippen LogP contribution in [0, 0.1) is 11.3 Å². The van der Waals surface area contributed by atoms with Gasteiger partial charge in [-0.05, 0) is 42.5 Å². The van der Waals surface area contributed by atoms with Crippen LogP contribution in [0.2, 0.25) is 0 Å². The van der Waals surface area contributed by atoms with Gasteiger partial charge in [-0.15, -0.1) is 0 Å². The quantitative estimate of drug-likeness (QED) is 0.407. The van der Waals surface area contributed by atoms with E-state index in [4.69, 9.17) is 0 Å². The smallest absolute Gasteiger partial charge is 0.223 e. The predicted octanol–water partition coefficient (Wildman–Crippen LogP) is 3.01. The fourth-order valence-electron chi connectivity index (χ4n) is 4.66. The molecule has 4 rings (SSSR count). The first-order valence-corrected chi connectivity index (χ1v) is 11.7. The van der Waals surface area contributed by atoms with E-state index in [1.165, 1.54) is 11.1 Å². The van der Waals surface area contributed by atoms with E-state index < -0.39 is 0 Å². The number of rotatable bonds is 6. The zero-order chi connectivity index (χ0) is 23.0. The van der Waals surface area contributed by atoms with Gasteiger partial charge in [-0.1, -0.05) is 36.4 Å². The molecular formula is C26H32N6O. The Balaban J connectivity index is 1.21. The molecule has 2 N–H and O–H groups in total. The van der Waals surface area contributed by atoms with Crippen LogP contribution in [0.5, 0.6) is 0 Å². The number of benzene rings is 2. The zero-order valence-electron chi connectivity index (χ0n) is 19.3. The lowest BCUT2D eigenvalue weighted by Gasteiger charge is -2.35. The number of anilines is 1. The number of para-hydroxylation sites is 1. The minimum atomic E-state index is 0.204. The van der Waals surface area contributed by atoms with Gasteiger partial charge in [0.05, 0.1) is 11.3 Å². The molecule has 0 aromatic heterocycles. The first kappa shape index (κ1) is 22.7. The molecule has 2 aliphatic rings. The number of amides is 1. The normalized spacial score (nSPS) is 17.9. The number of aliphatic imine (C=N–C) groups is 1. The highest BCUT2D eigenvalue weighted by Gasteiger charge is 2.23. The number of nitriles is 1. The van der Waals surface area contributed by atoms with Crippen molar-refractivity contribution in [3.8, 4) is 6.07 Å². The molecule has 2 aliphatic heterocycles. The van der Waals surface area contributed by atoms with Crippen molar-refractivity contribution in [1.29, 1.82) is 5.26 Å².